The number of aryl methyl sites for hydroxylation is 1. The molecule has 168 valence electrons. The lowest BCUT2D eigenvalue weighted by molar-refractivity contribution is -0.0226. The fourth-order valence-corrected chi connectivity index (χ4v) is 6.77. The van der Waals surface area contributed by atoms with Crippen LogP contribution in [0.25, 0.3) is 6.08 Å². The van der Waals surface area contributed by atoms with Gasteiger partial charge >= 0.3 is 0 Å². The number of methoxy groups -OCH3 is 1. The van der Waals surface area contributed by atoms with E-state index in [0.29, 0.717) is 34.6 Å². The molecule has 0 spiro atoms. The van der Waals surface area contributed by atoms with Gasteiger partial charge in [0.2, 0.25) is 0 Å². The number of hydrogen-bond donors (Lipinski definition) is 2. The van der Waals surface area contributed by atoms with E-state index in [1.54, 1.807) is 31.4 Å². The van der Waals surface area contributed by atoms with Crippen molar-refractivity contribution in [1.82, 2.24) is 0 Å². The first-order chi connectivity index (χ1) is 15.4. The summed E-state index contributed by atoms with van der Waals surface area (Å²) in [5.41, 5.74) is 3.88. The smallest absolute Gasteiger partial charge is 0.185 e. The van der Waals surface area contributed by atoms with Crippen LogP contribution >= 0.6 is 0 Å². The average molecular weight is 433 g/mol. The van der Waals surface area contributed by atoms with Gasteiger partial charge in [-0.15, -0.1) is 0 Å². The van der Waals surface area contributed by atoms with Crippen molar-refractivity contribution in [3.8, 4) is 11.5 Å². The summed E-state index contributed by atoms with van der Waals surface area (Å²) in [6.07, 6.45) is 9.37. The third kappa shape index (κ3) is 3.45. The monoisotopic (exact) mass is 432 g/mol. The summed E-state index contributed by atoms with van der Waals surface area (Å²) in [7, 11) is 1.58. The summed E-state index contributed by atoms with van der Waals surface area (Å²) < 4.78 is 5.21. The fraction of sp³-hybridized carbons (Fsp3) is 0.464. The summed E-state index contributed by atoms with van der Waals surface area (Å²) in [4.78, 5) is 12.7. The molecule has 4 heteroatoms. The molecule has 3 aliphatic carbocycles. The SMILES string of the molecule is COc1cccc(C(=O)/C=C/c2cc3c(cc2O)CC[C@@H]2[C@@H]3CC[C@]3(C)[C@@H](O)CC[C@@H]23)c1. The van der Waals surface area contributed by atoms with E-state index in [1.165, 1.54) is 17.2 Å². The van der Waals surface area contributed by atoms with Crippen molar-refractivity contribution in [3.05, 3.63) is 64.7 Å². The first kappa shape index (κ1) is 21.3. The Hall–Kier alpha value is -2.59. The van der Waals surface area contributed by atoms with Crippen LogP contribution in [0.4, 0.5) is 0 Å². The maximum Gasteiger partial charge on any atom is 0.185 e. The Labute approximate surface area is 189 Å². The molecule has 5 rings (SSSR count). The van der Waals surface area contributed by atoms with E-state index in [1.807, 2.05) is 12.1 Å². The summed E-state index contributed by atoms with van der Waals surface area (Å²) in [5, 5.41) is 21.3. The lowest BCUT2D eigenvalue weighted by Crippen LogP contribution is -2.43. The van der Waals surface area contributed by atoms with E-state index in [2.05, 4.69) is 13.0 Å². The fourth-order valence-electron chi connectivity index (χ4n) is 6.77. The van der Waals surface area contributed by atoms with Crippen molar-refractivity contribution < 1.29 is 19.7 Å². The maximum atomic E-state index is 12.7. The highest BCUT2D eigenvalue weighted by molar-refractivity contribution is 6.07. The number of phenols is 1. The summed E-state index contributed by atoms with van der Waals surface area (Å²) in [5.74, 6) is 2.41. The van der Waals surface area contributed by atoms with E-state index < -0.39 is 0 Å². The summed E-state index contributed by atoms with van der Waals surface area (Å²) >= 11 is 0. The van der Waals surface area contributed by atoms with Crippen LogP contribution in [0.2, 0.25) is 0 Å². The number of carbonyl (C=O) groups excluding carboxylic acids is 1. The molecular weight excluding hydrogens is 400 g/mol. The third-order valence-corrected chi connectivity index (χ3v) is 8.59. The quantitative estimate of drug-likeness (QED) is 0.494. The van der Waals surface area contributed by atoms with Gasteiger partial charge in [0.1, 0.15) is 11.5 Å². The Morgan fingerprint density at radius 2 is 2.00 bits per heavy atom. The number of rotatable bonds is 4. The van der Waals surface area contributed by atoms with Gasteiger partial charge < -0.3 is 14.9 Å². The molecule has 0 aromatic heterocycles. The lowest BCUT2D eigenvalue weighted by Gasteiger charge is -2.50. The predicted molar refractivity (Wildman–Crippen MR) is 125 cm³/mol. The van der Waals surface area contributed by atoms with Crippen molar-refractivity contribution in [2.75, 3.05) is 7.11 Å². The van der Waals surface area contributed by atoms with E-state index in [4.69, 9.17) is 4.74 Å². The molecule has 0 radical (unpaired) electrons. The van der Waals surface area contributed by atoms with Gasteiger partial charge in [-0.3, -0.25) is 4.79 Å². The topological polar surface area (TPSA) is 66.8 Å². The number of ether oxygens (including phenoxy) is 1. The van der Waals surface area contributed by atoms with Crippen molar-refractivity contribution >= 4 is 11.9 Å². The summed E-state index contributed by atoms with van der Waals surface area (Å²) in [6.45, 7) is 2.29. The lowest BCUT2D eigenvalue weighted by atomic mass is 9.55. The van der Waals surface area contributed by atoms with Gasteiger partial charge in [-0.05, 0) is 109 Å². The Balaban J connectivity index is 1.42. The van der Waals surface area contributed by atoms with Crippen LogP contribution in [0.5, 0.6) is 11.5 Å². The molecule has 2 fully saturated rings. The Kier molecular flexibility index (Phi) is 5.37. The van der Waals surface area contributed by atoms with Gasteiger partial charge in [0.15, 0.2) is 5.78 Å². The van der Waals surface area contributed by atoms with Gasteiger partial charge in [0, 0.05) is 11.1 Å². The second kappa shape index (κ2) is 8.08. The molecule has 2 saturated carbocycles. The molecule has 0 bridgehead atoms. The van der Waals surface area contributed by atoms with E-state index in [9.17, 15) is 15.0 Å². The minimum atomic E-state index is -0.171. The van der Waals surface area contributed by atoms with Crippen molar-refractivity contribution in [2.24, 2.45) is 17.3 Å². The van der Waals surface area contributed by atoms with Crippen LogP contribution in [0.1, 0.15) is 72.0 Å². The minimum Gasteiger partial charge on any atom is -0.507 e. The van der Waals surface area contributed by atoms with Gasteiger partial charge in [-0.2, -0.15) is 0 Å². The van der Waals surface area contributed by atoms with Crippen molar-refractivity contribution in [2.45, 2.75) is 57.5 Å². The van der Waals surface area contributed by atoms with Gasteiger partial charge in [0.25, 0.3) is 0 Å². The normalized spacial score (nSPS) is 31.1. The standard InChI is InChI=1S/C28H32O4/c1-28-13-12-21-22(24(28)9-11-27(28)31)8-6-17-16-26(30)19(15-23(17)21)7-10-25(29)18-4-3-5-20(14-18)32-2/h3-5,7,10,14-16,21-22,24,27,30-31H,6,8-9,11-13H2,1-2H3/b10-7+/t21-,22+,24-,27-,28-/m0/s1. The zero-order valence-corrected chi connectivity index (χ0v) is 18.9. The average Bonchev–Trinajstić information content (AvgIpc) is 3.11. The molecular formula is C28H32O4. The molecule has 2 aromatic carbocycles. The maximum absolute atomic E-state index is 12.7. The van der Waals surface area contributed by atoms with Gasteiger partial charge in [-0.25, -0.2) is 0 Å². The number of allylic oxidation sites excluding steroid dienone is 1. The number of aromatic hydroxyl groups is 1. The van der Waals surface area contributed by atoms with E-state index in [0.717, 1.165) is 38.5 Å². The van der Waals surface area contributed by atoms with Crippen LogP contribution in [0.15, 0.2) is 42.5 Å². The minimum absolute atomic E-state index is 0.0570. The number of benzene rings is 2. The van der Waals surface area contributed by atoms with Gasteiger partial charge in [-0.1, -0.05) is 19.1 Å². The van der Waals surface area contributed by atoms with Crippen LogP contribution in [0, 0.1) is 17.3 Å². The Bertz CT molecular complexity index is 1070. The van der Waals surface area contributed by atoms with Crippen LogP contribution < -0.4 is 4.74 Å². The highest BCUT2D eigenvalue weighted by Gasteiger charge is 2.54. The summed E-state index contributed by atoms with van der Waals surface area (Å²) in [6, 6.07) is 11.1. The van der Waals surface area contributed by atoms with E-state index >= 15 is 0 Å². The molecule has 4 nitrogen and oxygen atoms in total. The Morgan fingerprint density at radius 1 is 1.16 bits per heavy atom. The second-order valence-corrected chi connectivity index (χ2v) is 10.1. The number of phenolic OH excluding ortho intramolecular Hbond substituents is 1. The zero-order valence-electron chi connectivity index (χ0n) is 18.9. The molecule has 0 heterocycles. The molecule has 0 amide bonds. The predicted octanol–water partition coefficient (Wildman–Crippen LogP) is 5.51. The molecule has 0 aliphatic heterocycles. The zero-order chi connectivity index (χ0) is 22.5. The molecule has 3 aliphatic rings. The van der Waals surface area contributed by atoms with Crippen LogP contribution in [-0.2, 0) is 6.42 Å². The molecule has 32 heavy (non-hydrogen) atoms. The van der Waals surface area contributed by atoms with E-state index in [-0.39, 0.29) is 23.1 Å². The molecule has 2 aromatic rings. The van der Waals surface area contributed by atoms with Crippen molar-refractivity contribution in [1.29, 1.82) is 0 Å². The van der Waals surface area contributed by atoms with Crippen LogP contribution in [0.3, 0.4) is 0 Å². The highest BCUT2D eigenvalue weighted by atomic mass is 16.5. The number of carbonyl (C=O) groups is 1. The van der Waals surface area contributed by atoms with Gasteiger partial charge in [0.05, 0.1) is 13.2 Å². The molecule has 2 N–H and O–H groups in total. The first-order valence-electron chi connectivity index (χ1n) is 11.8. The largest absolute Gasteiger partial charge is 0.507 e. The number of aliphatic hydroxyl groups excluding tert-OH is 1. The Morgan fingerprint density at radius 3 is 2.81 bits per heavy atom. The third-order valence-electron chi connectivity index (χ3n) is 8.59. The van der Waals surface area contributed by atoms with Crippen molar-refractivity contribution in [3.63, 3.8) is 0 Å². The number of aliphatic hydroxyl groups is 1. The number of hydrogen-bond acceptors (Lipinski definition) is 4. The highest BCUT2D eigenvalue weighted by Crippen LogP contribution is 2.61. The first-order valence-corrected chi connectivity index (χ1v) is 11.8. The number of ketones is 1. The molecule has 5 atom stereocenters. The number of fused-ring (bicyclic) bond motifs is 5. The molecule has 0 unspecified atom stereocenters. The van der Waals surface area contributed by atoms with Crippen LogP contribution in [-0.4, -0.2) is 29.2 Å². The second-order valence-electron chi connectivity index (χ2n) is 10.1. The molecule has 0 saturated heterocycles.